The Balaban J connectivity index is 2.70. The van der Waals surface area contributed by atoms with Gasteiger partial charge in [-0.15, -0.1) is 0 Å². The summed E-state index contributed by atoms with van der Waals surface area (Å²) >= 11 is 1.16. The van der Waals surface area contributed by atoms with Crippen LogP contribution >= 0.6 is 11.8 Å². The zero-order chi connectivity index (χ0) is 13.0. The van der Waals surface area contributed by atoms with E-state index < -0.39 is 0 Å². The van der Waals surface area contributed by atoms with Crippen LogP contribution in [0.1, 0.15) is 20.8 Å². The molecule has 0 aliphatic heterocycles. The lowest BCUT2D eigenvalue weighted by atomic mass is 10.3. The van der Waals surface area contributed by atoms with Gasteiger partial charge in [-0.05, 0) is 20.8 Å². The normalized spacial score (nSPS) is 12.5. The zero-order valence-electron chi connectivity index (χ0n) is 9.98. The highest BCUT2D eigenvalue weighted by molar-refractivity contribution is 8.00. The Morgan fingerprint density at radius 3 is 2.71 bits per heavy atom. The molecule has 94 valence electrons. The maximum atomic E-state index is 11.6. The van der Waals surface area contributed by atoms with Crippen molar-refractivity contribution in [3.05, 3.63) is 16.4 Å². The van der Waals surface area contributed by atoms with Gasteiger partial charge in [0.15, 0.2) is 5.16 Å². The number of hydrogen-bond donors (Lipinski definition) is 3. The number of nitrogens with one attached hydrogen (secondary N) is 2. The number of nitrogens with two attached hydrogens (primary N) is 1. The molecule has 7 heteroatoms. The number of carbonyl (C=O) groups excluding carboxylic acids is 1. The maximum absolute atomic E-state index is 11.6. The topological polar surface area (TPSA) is 101 Å². The van der Waals surface area contributed by atoms with Gasteiger partial charge < -0.3 is 16.0 Å². The summed E-state index contributed by atoms with van der Waals surface area (Å²) in [6, 6.07) is 1.28. The highest BCUT2D eigenvalue weighted by Gasteiger charge is 2.16. The molecular weight excluding hydrogens is 240 g/mol. The molecule has 1 amide bonds. The summed E-state index contributed by atoms with van der Waals surface area (Å²) in [6.45, 7) is 5.51. The molecule has 1 aromatic heterocycles. The Bertz CT molecular complexity index is 458. The number of aromatic nitrogens is 2. The van der Waals surface area contributed by atoms with E-state index in [1.165, 1.54) is 6.07 Å². The fourth-order valence-electron chi connectivity index (χ4n) is 1.13. The minimum Gasteiger partial charge on any atom is -0.383 e. The molecule has 6 nitrogen and oxygen atoms in total. The van der Waals surface area contributed by atoms with Gasteiger partial charge in [0, 0.05) is 12.1 Å². The smallest absolute Gasteiger partial charge is 0.253 e. The monoisotopic (exact) mass is 256 g/mol. The molecule has 0 aliphatic rings. The Morgan fingerprint density at radius 2 is 2.18 bits per heavy atom. The number of carbonyl (C=O) groups is 1. The maximum Gasteiger partial charge on any atom is 0.253 e. The summed E-state index contributed by atoms with van der Waals surface area (Å²) < 4.78 is 0. The Labute approximate surface area is 103 Å². The molecule has 17 heavy (non-hydrogen) atoms. The second-order valence-corrected chi connectivity index (χ2v) is 5.23. The molecule has 4 N–H and O–H groups in total. The first-order valence-corrected chi connectivity index (χ1v) is 6.10. The number of anilines is 1. The summed E-state index contributed by atoms with van der Waals surface area (Å²) in [5.41, 5.74) is 5.12. The van der Waals surface area contributed by atoms with Crippen LogP contribution in [0.2, 0.25) is 0 Å². The summed E-state index contributed by atoms with van der Waals surface area (Å²) in [4.78, 5) is 29.3. The number of nitrogen functional groups attached to an aromatic ring is 1. The van der Waals surface area contributed by atoms with Crippen molar-refractivity contribution in [2.45, 2.75) is 37.2 Å². The third kappa shape index (κ3) is 4.48. The van der Waals surface area contributed by atoms with Gasteiger partial charge in [-0.1, -0.05) is 11.8 Å². The third-order valence-corrected chi connectivity index (χ3v) is 2.81. The van der Waals surface area contributed by atoms with E-state index in [1.54, 1.807) is 6.92 Å². The quantitative estimate of drug-likeness (QED) is 0.533. The van der Waals surface area contributed by atoms with E-state index in [0.717, 1.165) is 11.8 Å². The van der Waals surface area contributed by atoms with Crippen molar-refractivity contribution in [2.75, 3.05) is 5.73 Å². The molecule has 0 aliphatic carbocycles. The van der Waals surface area contributed by atoms with Crippen LogP contribution in [0.3, 0.4) is 0 Å². The van der Waals surface area contributed by atoms with Crippen molar-refractivity contribution in [3.8, 4) is 0 Å². The van der Waals surface area contributed by atoms with Crippen LogP contribution in [0.25, 0.3) is 0 Å². The first-order valence-electron chi connectivity index (χ1n) is 5.22. The van der Waals surface area contributed by atoms with Crippen LogP contribution < -0.4 is 16.6 Å². The molecular formula is C10H16N4O2S. The SMILES string of the molecule is CC(C)NC(=O)C(C)Sc1nc(N)cc(=O)[nH]1. The second kappa shape index (κ2) is 5.72. The van der Waals surface area contributed by atoms with E-state index >= 15 is 0 Å². The molecule has 0 spiro atoms. The number of thioether (sulfide) groups is 1. The third-order valence-electron chi connectivity index (χ3n) is 1.83. The van der Waals surface area contributed by atoms with Gasteiger partial charge in [0.2, 0.25) is 5.91 Å². The van der Waals surface area contributed by atoms with E-state index in [2.05, 4.69) is 15.3 Å². The van der Waals surface area contributed by atoms with Crippen molar-refractivity contribution in [2.24, 2.45) is 0 Å². The summed E-state index contributed by atoms with van der Waals surface area (Å²) in [5.74, 6) is 0.0443. The van der Waals surface area contributed by atoms with E-state index in [-0.39, 0.29) is 28.6 Å². The van der Waals surface area contributed by atoms with Crippen molar-refractivity contribution < 1.29 is 4.79 Å². The Hall–Kier alpha value is -1.50. The molecule has 1 heterocycles. The predicted molar refractivity (Wildman–Crippen MR) is 67.9 cm³/mol. The fourth-order valence-corrected chi connectivity index (χ4v) is 1.96. The van der Waals surface area contributed by atoms with Crippen LogP contribution in [-0.2, 0) is 4.79 Å². The van der Waals surface area contributed by atoms with Gasteiger partial charge in [-0.25, -0.2) is 4.98 Å². The number of amides is 1. The molecule has 0 radical (unpaired) electrons. The molecule has 0 aromatic carbocycles. The highest BCUT2D eigenvalue weighted by Crippen LogP contribution is 2.18. The van der Waals surface area contributed by atoms with E-state index in [9.17, 15) is 9.59 Å². The van der Waals surface area contributed by atoms with Crippen molar-refractivity contribution in [3.63, 3.8) is 0 Å². The molecule has 1 rings (SSSR count). The average molecular weight is 256 g/mol. The Morgan fingerprint density at radius 1 is 1.53 bits per heavy atom. The zero-order valence-corrected chi connectivity index (χ0v) is 10.8. The first-order chi connectivity index (χ1) is 7.88. The number of rotatable bonds is 4. The fraction of sp³-hybridized carbons (Fsp3) is 0.500. The molecule has 1 unspecified atom stereocenters. The molecule has 0 saturated carbocycles. The van der Waals surface area contributed by atoms with E-state index in [4.69, 9.17) is 5.73 Å². The Kier molecular flexibility index (Phi) is 4.56. The molecule has 1 atom stereocenters. The van der Waals surface area contributed by atoms with Gasteiger partial charge >= 0.3 is 0 Å². The van der Waals surface area contributed by atoms with Crippen LogP contribution in [0.5, 0.6) is 0 Å². The molecule has 0 saturated heterocycles. The minimum atomic E-state index is -0.345. The van der Waals surface area contributed by atoms with E-state index in [0.29, 0.717) is 5.16 Å². The number of H-pyrrole nitrogens is 1. The number of nitrogens with zero attached hydrogens (tertiary/aromatic N) is 1. The molecule has 0 bridgehead atoms. The second-order valence-electron chi connectivity index (χ2n) is 3.90. The largest absolute Gasteiger partial charge is 0.383 e. The van der Waals surface area contributed by atoms with Crippen LogP contribution in [0, 0.1) is 0 Å². The van der Waals surface area contributed by atoms with Gasteiger partial charge in [0.05, 0.1) is 5.25 Å². The van der Waals surface area contributed by atoms with E-state index in [1.807, 2.05) is 13.8 Å². The van der Waals surface area contributed by atoms with Gasteiger partial charge in [0.25, 0.3) is 5.56 Å². The van der Waals surface area contributed by atoms with Crippen LogP contribution in [0.4, 0.5) is 5.82 Å². The molecule has 1 aromatic rings. The number of hydrogen-bond acceptors (Lipinski definition) is 5. The lowest BCUT2D eigenvalue weighted by Gasteiger charge is -2.13. The van der Waals surface area contributed by atoms with Crippen molar-refractivity contribution in [1.82, 2.24) is 15.3 Å². The first kappa shape index (κ1) is 13.6. The lowest BCUT2D eigenvalue weighted by molar-refractivity contribution is -0.120. The van der Waals surface area contributed by atoms with Crippen LogP contribution in [0.15, 0.2) is 16.0 Å². The standard InChI is InChI=1S/C10H16N4O2S/c1-5(2)12-9(16)6(3)17-10-13-7(11)4-8(15)14-10/h4-6H,1-3H3,(H,12,16)(H3,11,13,14,15). The van der Waals surface area contributed by atoms with Gasteiger partial charge in [-0.2, -0.15) is 0 Å². The minimum absolute atomic E-state index is 0.0819. The summed E-state index contributed by atoms with van der Waals surface area (Å²) in [5, 5.41) is 2.78. The van der Waals surface area contributed by atoms with Gasteiger partial charge in [0.1, 0.15) is 5.82 Å². The lowest BCUT2D eigenvalue weighted by Crippen LogP contribution is -2.36. The molecule has 0 fully saturated rings. The van der Waals surface area contributed by atoms with Gasteiger partial charge in [-0.3, -0.25) is 9.59 Å². The van der Waals surface area contributed by atoms with Crippen LogP contribution in [-0.4, -0.2) is 27.2 Å². The number of aromatic amines is 1. The summed E-state index contributed by atoms with van der Waals surface area (Å²) in [7, 11) is 0. The summed E-state index contributed by atoms with van der Waals surface area (Å²) in [6.07, 6.45) is 0. The predicted octanol–water partition coefficient (Wildman–Crippen LogP) is 0.357. The van der Waals surface area contributed by atoms with Crippen molar-refractivity contribution in [1.29, 1.82) is 0 Å². The average Bonchev–Trinajstić information content (AvgIpc) is 2.14. The highest BCUT2D eigenvalue weighted by atomic mass is 32.2. The van der Waals surface area contributed by atoms with Crippen molar-refractivity contribution >= 4 is 23.5 Å².